The van der Waals surface area contributed by atoms with Crippen molar-refractivity contribution in [3.05, 3.63) is 40.4 Å². The number of anilines is 1. The number of nitrogens with one attached hydrogen (secondary N) is 2. The van der Waals surface area contributed by atoms with Crippen LogP contribution < -0.4 is 10.6 Å². The summed E-state index contributed by atoms with van der Waals surface area (Å²) in [6.07, 6.45) is 8.90. The number of amides is 3. The topological polar surface area (TPSA) is 87.7 Å². The molecule has 1 spiro atoms. The van der Waals surface area contributed by atoms with Crippen LogP contribution in [0, 0.1) is 11.8 Å². The molecule has 1 aliphatic carbocycles. The van der Waals surface area contributed by atoms with Gasteiger partial charge in [-0.25, -0.2) is 0 Å². The Labute approximate surface area is 215 Å². The highest BCUT2D eigenvalue weighted by Crippen LogP contribution is 2.60. The smallest absolute Gasteiger partial charge is 0.246 e. The first-order chi connectivity index (χ1) is 16.6. The molecule has 3 heterocycles. The first kappa shape index (κ1) is 24.6. The van der Waals surface area contributed by atoms with Crippen molar-refractivity contribution in [2.45, 2.75) is 82.2 Å². The maximum Gasteiger partial charge on any atom is 0.246 e. The zero-order valence-electron chi connectivity index (χ0n) is 20.1. The third-order valence-corrected chi connectivity index (χ3v) is 8.70. The molecule has 5 rings (SSSR count). The van der Waals surface area contributed by atoms with Gasteiger partial charge >= 0.3 is 0 Å². The quantitative estimate of drug-likeness (QED) is 0.566. The minimum atomic E-state index is -1.19. The van der Waals surface area contributed by atoms with Gasteiger partial charge in [0.15, 0.2) is 0 Å². The summed E-state index contributed by atoms with van der Waals surface area (Å²) >= 11 is 12.1. The number of nitrogens with zero attached hydrogens (tertiary/aromatic N) is 1. The highest BCUT2D eigenvalue weighted by molar-refractivity contribution is 6.42. The predicted molar refractivity (Wildman–Crippen MR) is 134 cm³/mol. The van der Waals surface area contributed by atoms with Crippen LogP contribution in [0.4, 0.5) is 5.69 Å². The molecule has 3 aliphatic heterocycles. The predicted octanol–water partition coefficient (Wildman–Crippen LogP) is 4.33. The average molecular weight is 520 g/mol. The summed E-state index contributed by atoms with van der Waals surface area (Å²) in [5.41, 5.74) is -1.71. The first-order valence-corrected chi connectivity index (χ1v) is 13.1. The zero-order valence-corrected chi connectivity index (χ0v) is 21.7. The molecular weight excluding hydrogens is 489 g/mol. The lowest BCUT2D eigenvalue weighted by Gasteiger charge is -2.36. The number of rotatable bonds is 5. The van der Waals surface area contributed by atoms with E-state index in [4.69, 9.17) is 27.9 Å². The number of likely N-dealkylation sites (tertiary alicyclic amines) is 1. The van der Waals surface area contributed by atoms with Gasteiger partial charge < -0.3 is 20.3 Å². The summed E-state index contributed by atoms with van der Waals surface area (Å²) in [5.74, 6) is -2.40. The van der Waals surface area contributed by atoms with Crippen LogP contribution in [0.15, 0.2) is 30.4 Å². The molecule has 1 saturated carbocycles. The number of hydrogen-bond donors (Lipinski definition) is 2. The second kappa shape index (κ2) is 8.79. The van der Waals surface area contributed by atoms with Gasteiger partial charge in [-0.05, 0) is 51.8 Å². The highest BCUT2D eigenvalue weighted by atomic mass is 35.5. The minimum absolute atomic E-state index is 0.0998. The zero-order chi connectivity index (χ0) is 25.1. The lowest BCUT2D eigenvalue weighted by Crippen LogP contribution is -2.58. The van der Waals surface area contributed by atoms with E-state index >= 15 is 0 Å². The number of ether oxygens (including phenoxy) is 1. The number of carbonyl (C=O) groups excluding carboxylic acids is 3. The summed E-state index contributed by atoms with van der Waals surface area (Å²) in [4.78, 5) is 42.7. The van der Waals surface area contributed by atoms with E-state index in [2.05, 4.69) is 10.6 Å². The molecule has 4 aliphatic rings. The fourth-order valence-electron chi connectivity index (χ4n) is 6.44. The Morgan fingerprint density at radius 1 is 1.09 bits per heavy atom. The summed E-state index contributed by atoms with van der Waals surface area (Å²) in [5, 5.41) is 6.77. The number of benzene rings is 1. The normalized spacial score (nSPS) is 33.9. The highest BCUT2D eigenvalue weighted by Gasteiger charge is 2.76. The second-order valence-corrected chi connectivity index (χ2v) is 11.4. The van der Waals surface area contributed by atoms with Crippen LogP contribution in [0.25, 0.3) is 0 Å². The van der Waals surface area contributed by atoms with E-state index < -0.39 is 29.1 Å². The third-order valence-electron chi connectivity index (χ3n) is 7.96. The van der Waals surface area contributed by atoms with Gasteiger partial charge in [0.25, 0.3) is 0 Å². The Kier molecular flexibility index (Phi) is 6.17. The molecule has 35 heavy (non-hydrogen) atoms. The van der Waals surface area contributed by atoms with E-state index in [0.717, 1.165) is 25.7 Å². The molecule has 5 atom stereocenters. The molecule has 7 nitrogen and oxygen atoms in total. The second-order valence-electron chi connectivity index (χ2n) is 10.6. The Balaban J connectivity index is 1.47. The van der Waals surface area contributed by atoms with Crippen molar-refractivity contribution in [3.8, 4) is 0 Å². The first-order valence-electron chi connectivity index (χ1n) is 12.4. The van der Waals surface area contributed by atoms with Gasteiger partial charge in [0.05, 0.1) is 27.5 Å². The summed E-state index contributed by atoms with van der Waals surface area (Å²) in [6.45, 7) is 5.58. The van der Waals surface area contributed by atoms with E-state index in [1.165, 1.54) is 6.42 Å². The molecule has 9 heteroatoms. The molecule has 0 radical (unpaired) electrons. The molecule has 3 amide bonds. The van der Waals surface area contributed by atoms with Crippen LogP contribution in [0.3, 0.4) is 0 Å². The van der Waals surface area contributed by atoms with Crippen LogP contribution in [0.1, 0.15) is 52.9 Å². The van der Waals surface area contributed by atoms with Crippen molar-refractivity contribution in [1.82, 2.24) is 10.2 Å². The summed E-state index contributed by atoms with van der Waals surface area (Å²) in [6, 6.07) is 3.87. The SMILES string of the molecule is CC(C)N1C(=O)[C@@H]2[C@H](C(=O)Nc3ccc(Cl)c(Cl)c3)[C@]3(C)C=C[C@@]2(O3)[C@@H]1C(=O)NC1CCCCC1. The standard InChI is InChI=1S/C26H31Cl2N3O4/c1-14(2)31-21(23(33)29-15-7-5-4-6-8-15)26-12-11-25(3,35-26)19(20(26)24(31)34)22(32)30-16-9-10-17(27)18(28)13-16/h9-15,19-21H,4-8H2,1-3H3,(H,29,33)(H,30,32)/t19-,20+,21+,25+,26+/m1/s1. The lowest BCUT2D eigenvalue weighted by molar-refractivity contribution is -0.146. The van der Waals surface area contributed by atoms with Crippen molar-refractivity contribution >= 4 is 46.6 Å². The van der Waals surface area contributed by atoms with Crippen molar-refractivity contribution in [3.63, 3.8) is 0 Å². The number of fused-ring (bicyclic) bond motifs is 1. The molecule has 2 bridgehead atoms. The van der Waals surface area contributed by atoms with E-state index in [1.807, 2.05) is 26.0 Å². The molecule has 0 aromatic heterocycles. The maximum absolute atomic E-state index is 13.8. The largest absolute Gasteiger partial charge is 0.356 e. The molecule has 0 unspecified atom stereocenters. The monoisotopic (exact) mass is 519 g/mol. The van der Waals surface area contributed by atoms with Crippen molar-refractivity contribution in [2.24, 2.45) is 11.8 Å². The minimum Gasteiger partial charge on any atom is -0.356 e. The van der Waals surface area contributed by atoms with Gasteiger partial charge in [0, 0.05) is 17.8 Å². The third kappa shape index (κ3) is 3.87. The van der Waals surface area contributed by atoms with Crippen molar-refractivity contribution in [1.29, 1.82) is 0 Å². The fraction of sp³-hybridized carbons (Fsp3) is 0.577. The van der Waals surface area contributed by atoms with E-state index in [-0.39, 0.29) is 29.8 Å². The number of halogens is 2. The molecule has 1 aromatic rings. The lowest BCUT2D eigenvalue weighted by atomic mass is 9.70. The van der Waals surface area contributed by atoms with Gasteiger partial charge in [0.1, 0.15) is 11.6 Å². The molecule has 2 saturated heterocycles. The molecular formula is C26H31Cl2N3O4. The van der Waals surface area contributed by atoms with Gasteiger partial charge in [-0.3, -0.25) is 14.4 Å². The van der Waals surface area contributed by atoms with Crippen molar-refractivity contribution < 1.29 is 19.1 Å². The molecule has 2 N–H and O–H groups in total. The van der Waals surface area contributed by atoms with E-state index in [9.17, 15) is 14.4 Å². The van der Waals surface area contributed by atoms with Crippen LogP contribution in [0.5, 0.6) is 0 Å². The van der Waals surface area contributed by atoms with Crippen LogP contribution in [-0.2, 0) is 19.1 Å². The van der Waals surface area contributed by atoms with Crippen LogP contribution >= 0.6 is 23.2 Å². The fourth-order valence-corrected chi connectivity index (χ4v) is 6.74. The van der Waals surface area contributed by atoms with Crippen LogP contribution in [-0.4, -0.2) is 51.9 Å². The van der Waals surface area contributed by atoms with Crippen molar-refractivity contribution in [2.75, 3.05) is 5.32 Å². The molecule has 1 aromatic carbocycles. The average Bonchev–Trinajstić information content (AvgIpc) is 3.37. The van der Waals surface area contributed by atoms with Gasteiger partial charge in [0.2, 0.25) is 17.7 Å². The Bertz CT molecular complexity index is 1100. The number of hydrogen-bond acceptors (Lipinski definition) is 4. The molecule has 188 valence electrons. The van der Waals surface area contributed by atoms with Crippen LogP contribution in [0.2, 0.25) is 10.0 Å². The Morgan fingerprint density at radius 2 is 1.80 bits per heavy atom. The Morgan fingerprint density at radius 3 is 2.46 bits per heavy atom. The van der Waals surface area contributed by atoms with Gasteiger partial charge in [-0.2, -0.15) is 0 Å². The Hall–Kier alpha value is -2.09. The van der Waals surface area contributed by atoms with Gasteiger partial charge in [-0.15, -0.1) is 0 Å². The maximum atomic E-state index is 13.8. The van der Waals surface area contributed by atoms with E-state index in [0.29, 0.717) is 15.7 Å². The van der Waals surface area contributed by atoms with Gasteiger partial charge in [-0.1, -0.05) is 54.6 Å². The molecule has 3 fully saturated rings. The number of carbonyl (C=O) groups is 3. The summed E-state index contributed by atoms with van der Waals surface area (Å²) < 4.78 is 6.52. The van der Waals surface area contributed by atoms with E-state index in [1.54, 1.807) is 30.0 Å². The summed E-state index contributed by atoms with van der Waals surface area (Å²) in [7, 11) is 0.